The highest BCUT2D eigenvalue weighted by molar-refractivity contribution is 6.04. The maximum atomic E-state index is 14.6. The van der Waals surface area contributed by atoms with Crippen LogP contribution in [0.1, 0.15) is 99.1 Å². The highest BCUT2D eigenvalue weighted by Crippen LogP contribution is 2.74. The van der Waals surface area contributed by atoms with E-state index in [1.165, 1.54) is 6.20 Å². The molecule has 5 aliphatic rings. The van der Waals surface area contributed by atoms with E-state index in [2.05, 4.69) is 45.8 Å². The molecule has 0 radical (unpaired) electrons. The topological polar surface area (TPSA) is 75.8 Å². The molecule has 0 bridgehead atoms. The second-order valence-electron chi connectivity index (χ2n) is 16.0. The first kappa shape index (κ1) is 29.4. The van der Waals surface area contributed by atoms with Crippen molar-refractivity contribution in [1.82, 2.24) is 9.78 Å². The third-order valence-corrected chi connectivity index (χ3v) is 13.2. The summed E-state index contributed by atoms with van der Waals surface area (Å²) in [7, 11) is 0. The van der Waals surface area contributed by atoms with Gasteiger partial charge in [-0.2, -0.15) is 23.5 Å². The number of Topliss-reactive ketones (excluding diaryl/α,β-unsaturated/α-hetero) is 1. The summed E-state index contributed by atoms with van der Waals surface area (Å²) in [6, 6.07) is 3.21. The van der Waals surface area contributed by atoms with E-state index in [1.807, 2.05) is 26.0 Å². The number of halogens is 3. The van der Waals surface area contributed by atoms with Crippen LogP contribution in [0.5, 0.6) is 0 Å². The highest BCUT2D eigenvalue weighted by Gasteiger charge is 2.70. The number of aromatic nitrogens is 2. The predicted octanol–water partition coefficient (Wildman–Crippen LogP) is 7.83. The Bertz CT molecular complexity index is 1490. The van der Waals surface area contributed by atoms with Crippen LogP contribution in [0.25, 0.3) is 0 Å². The molecular weight excluding hydrogens is 539 g/mol. The zero-order chi connectivity index (χ0) is 30.9. The molecule has 0 amide bonds. The Labute approximate surface area is 246 Å². The van der Waals surface area contributed by atoms with E-state index >= 15 is 0 Å². The highest BCUT2D eigenvalue weighted by atomic mass is 19.4. The second-order valence-corrected chi connectivity index (χ2v) is 16.0. The van der Waals surface area contributed by atoms with Crippen LogP contribution in [0.15, 0.2) is 35.6 Å². The average Bonchev–Trinajstić information content (AvgIpc) is 3.39. The molecule has 1 heterocycles. The van der Waals surface area contributed by atoms with Crippen LogP contribution >= 0.6 is 0 Å². The lowest BCUT2D eigenvalue weighted by molar-refractivity contribution is -0.170. The molecule has 5 nitrogen and oxygen atoms in total. The van der Waals surface area contributed by atoms with Crippen molar-refractivity contribution < 1.29 is 22.8 Å². The summed E-state index contributed by atoms with van der Waals surface area (Å²) in [6.07, 6.45) is 5.84. The van der Waals surface area contributed by atoms with Gasteiger partial charge in [-0.1, -0.05) is 60.1 Å². The van der Waals surface area contributed by atoms with Crippen molar-refractivity contribution in [3.05, 3.63) is 41.3 Å². The lowest BCUT2D eigenvalue weighted by Gasteiger charge is -2.69. The van der Waals surface area contributed by atoms with E-state index in [1.54, 1.807) is 4.68 Å². The van der Waals surface area contributed by atoms with E-state index < -0.39 is 33.7 Å². The summed E-state index contributed by atoms with van der Waals surface area (Å²) >= 11 is 0. The fourth-order valence-corrected chi connectivity index (χ4v) is 10.7. The number of carbonyl (C=O) groups excluding carboxylic acids is 2. The Morgan fingerprint density at radius 1 is 1.00 bits per heavy atom. The van der Waals surface area contributed by atoms with Crippen LogP contribution < -0.4 is 0 Å². The Balaban J connectivity index is 1.52. The first-order valence-electron chi connectivity index (χ1n) is 15.3. The van der Waals surface area contributed by atoms with Crippen molar-refractivity contribution >= 4 is 11.6 Å². The Morgan fingerprint density at radius 2 is 1.67 bits per heavy atom. The maximum absolute atomic E-state index is 14.6. The van der Waals surface area contributed by atoms with E-state index in [0.29, 0.717) is 19.3 Å². The molecule has 0 aliphatic heterocycles. The monoisotopic (exact) mass is 581 g/mol. The summed E-state index contributed by atoms with van der Waals surface area (Å²) < 4.78 is 42.6. The predicted molar refractivity (Wildman–Crippen MR) is 152 cm³/mol. The third kappa shape index (κ3) is 3.57. The van der Waals surface area contributed by atoms with E-state index in [0.717, 1.165) is 37.3 Å². The Morgan fingerprint density at radius 3 is 2.29 bits per heavy atom. The summed E-state index contributed by atoms with van der Waals surface area (Å²) in [5, 5.41) is 14.0. The summed E-state index contributed by atoms with van der Waals surface area (Å²) in [4.78, 5) is 27.9. The van der Waals surface area contributed by atoms with Crippen LogP contribution in [0.4, 0.5) is 13.2 Å². The molecule has 5 aliphatic carbocycles. The molecule has 3 saturated carbocycles. The van der Waals surface area contributed by atoms with E-state index in [-0.39, 0.29) is 45.7 Å². The van der Waals surface area contributed by atoms with Crippen molar-refractivity contribution in [3.63, 3.8) is 0 Å². The van der Waals surface area contributed by atoms with Crippen molar-refractivity contribution in [3.8, 4) is 6.07 Å². The minimum absolute atomic E-state index is 0.0310. The zero-order valence-corrected chi connectivity index (χ0v) is 25.8. The fourth-order valence-electron chi connectivity index (χ4n) is 10.7. The van der Waals surface area contributed by atoms with Gasteiger partial charge >= 0.3 is 6.18 Å². The van der Waals surface area contributed by atoms with Gasteiger partial charge in [0.05, 0.1) is 11.1 Å². The van der Waals surface area contributed by atoms with Crippen LogP contribution in [0.3, 0.4) is 0 Å². The number of ketones is 2. The molecule has 7 atom stereocenters. The number of allylic oxidation sites excluding steroid dienone is 4. The van der Waals surface area contributed by atoms with Gasteiger partial charge in [0.25, 0.3) is 0 Å². The third-order valence-electron chi connectivity index (χ3n) is 13.2. The minimum atomic E-state index is -4.53. The van der Waals surface area contributed by atoms with Crippen molar-refractivity contribution in [2.75, 3.05) is 0 Å². The van der Waals surface area contributed by atoms with Crippen LogP contribution in [-0.4, -0.2) is 21.3 Å². The Hall–Kier alpha value is -2.69. The number of hydrogen-bond donors (Lipinski definition) is 0. The first-order valence-corrected chi connectivity index (χ1v) is 15.3. The van der Waals surface area contributed by atoms with Crippen molar-refractivity contribution in [2.24, 2.45) is 44.8 Å². The van der Waals surface area contributed by atoms with E-state index in [4.69, 9.17) is 0 Å². The fraction of sp³-hybridized carbons (Fsp3) is 0.706. The number of fused-ring (bicyclic) bond motifs is 7. The summed E-state index contributed by atoms with van der Waals surface area (Å²) in [5.41, 5.74) is -2.59. The van der Waals surface area contributed by atoms with Crippen molar-refractivity contribution in [1.29, 1.82) is 5.26 Å². The molecule has 0 spiro atoms. The van der Waals surface area contributed by atoms with Gasteiger partial charge in [0.15, 0.2) is 17.3 Å². The lowest BCUT2D eigenvalue weighted by Crippen LogP contribution is -2.66. The van der Waals surface area contributed by atoms with Gasteiger partial charge in [0.2, 0.25) is 0 Å². The van der Waals surface area contributed by atoms with Gasteiger partial charge in [-0.25, -0.2) is 0 Å². The minimum Gasteiger partial charge on any atom is -0.295 e. The molecule has 1 aromatic heterocycles. The molecule has 0 saturated heterocycles. The molecule has 6 rings (SSSR count). The number of hydrogen-bond acceptors (Lipinski definition) is 4. The largest absolute Gasteiger partial charge is 0.435 e. The maximum Gasteiger partial charge on any atom is 0.435 e. The van der Waals surface area contributed by atoms with Crippen LogP contribution in [-0.2, 0) is 21.3 Å². The molecule has 1 aromatic rings. The molecule has 3 fully saturated rings. The summed E-state index contributed by atoms with van der Waals surface area (Å²) in [6.45, 7) is 14.9. The lowest BCUT2D eigenvalue weighted by atomic mass is 9.35. The normalized spacial score (nSPS) is 42.3. The molecule has 0 N–H and O–H groups in total. The first-order chi connectivity index (χ1) is 19.3. The van der Waals surface area contributed by atoms with Gasteiger partial charge in [0, 0.05) is 22.9 Å². The average molecular weight is 582 g/mol. The molecule has 8 heteroatoms. The Kier molecular flexibility index (Phi) is 5.93. The van der Waals surface area contributed by atoms with Gasteiger partial charge in [0.1, 0.15) is 6.07 Å². The van der Waals surface area contributed by atoms with Gasteiger partial charge in [-0.3, -0.25) is 14.3 Å². The number of rotatable bonds is 1. The smallest absolute Gasteiger partial charge is 0.295 e. The molecule has 42 heavy (non-hydrogen) atoms. The standard InChI is InChI=1S/C34H42F3N3O2/c1-28(2)11-13-33(40-15-9-25(39-40)34(35,36)37)14-12-32(7)26(21(33)18-28)22(41)16-24-30(5)17-20(19-38)27(42)29(3,4)23(30)8-10-31(24,32)6/h9,15-17,21,23,26H,8,10-14,18H2,1-7H3/t21-,23?,26-,30-,31+,32+,33-/m0/s1. The van der Waals surface area contributed by atoms with Crippen LogP contribution in [0.2, 0.25) is 0 Å². The summed E-state index contributed by atoms with van der Waals surface area (Å²) in [5.74, 6) is -0.669. The SMILES string of the molecule is CC1(C)CC[C@]2(n3ccc(C(F)(F)F)n3)CC[C@]3(C)[C@H](C(=O)C=C4[C@@]5(C)C=C(C#N)C(=O)C(C)(C)C5CC[C@]43C)[C@@H]2C1. The molecule has 226 valence electrons. The van der Waals surface area contributed by atoms with Gasteiger partial charge in [-0.05, 0) is 85.2 Å². The van der Waals surface area contributed by atoms with E-state index in [9.17, 15) is 28.0 Å². The molecule has 1 unspecified atom stereocenters. The van der Waals surface area contributed by atoms with Crippen LogP contribution in [0, 0.1) is 56.2 Å². The molecular formula is C34H42F3N3O2. The van der Waals surface area contributed by atoms with Gasteiger partial charge < -0.3 is 0 Å². The molecule has 0 aromatic carbocycles. The number of nitrogens with zero attached hydrogens (tertiary/aromatic N) is 3. The van der Waals surface area contributed by atoms with Gasteiger partial charge in [-0.15, -0.1) is 0 Å². The zero-order valence-electron chi connectivity index (χ0n) is 25.8. The quantitative estimate of drug-likeness (QED) is 0.339. The number of nitriles is 1. The second kappa shape index (κ2) is 8.48. The number of carbonyl (C=O) groups is 2. The van der Waals surface area contributed by atoms with Crippen molar-refractivity contribution in [2.45, 2.75) is 105 Å². The number of alkyl halides is 3.